The molecule has 0 aliphatic heterocycles. The predicted octanol–water partition coefficient (Wildman–Crippen LogP) is 19.5. The SMILES string of the molecule is C\C=C/C=C(C)/C=C/c1cccc(-c2c3ccccc3c(-c3cccc(-c4ccc5c(-c6ccc7ccccc7c6)c6ccccc6c(-c6ccc7ccccc7c6)c5c4)c3)c3ccccc23)c1. The molecule has 0 radical (unpaired) electrons. The van der Waals surface area contributed by atoms with E-state index in [1.54, 1.807) is 0 Å². The summed E-state index contributed by atoms with van der Waals surface area (Å²) in [5.74, 6) is 0. The van der Waals surface area contributed by atoms with Gasteiger partial charge in [0.2, 0.25) is 0 Å². The second-order valence-corrected chi connectivity index (χ2v) is 18.0. The molecule has 0 spiro atoms. The van der Waals surface area contributed by atoms with E-state index in [-0.39, 0.29) is 0 Å². The maximum absolute atomic E-state index is 2.45. The zero-order valence-corrected chi connectivity index (χ0v) is 38.2. The summed E-state index contributed by atoms with van der Waals surface area (Å²) < 4.78 is 0. The van der Waals surface area contributed by atoms with Gasteiger partial charge in [-0.3, -0.25) is 0 Å². The van der Waals surface area contributed by atoms with Crippen molar-refractivity contribution in [2.45, 2.75) is 13.8 Å². The summed E-state index contributed by atoms with van der Waals surface area (Å²) in [7, 11) is 0. The van der Waals surface area contributed by atoms with Crippen LogP contribution >= 0.6 is 0 Å². The summed E-state index contributed by atoms with van der Waals surface area (Å²) in [6.45, 7) is 4.19. The van der Waals surface area contributed by atoms with Gasteiger partial charge in [-0.25, -0.2) is 0 Å². The molecule has 12 aromatic carbocycles. The number of fused-ring (bicyclic) bond motifs is 6. The fraction of sp³-hybridized carbons (Fsp3) is 0.0294. The highest BCUT2D eigenvalue weighted by Crippen LogP contribution is 2.48. The Balaban J connectivity index is 1.06. The van der Waals surface area contributed by atoms with Gasteiger partial charge in [0, 0.05) is 0 Å². The molecule has 12 aromatic rings. The molecular formula is C68H48. The van der Waals surface area contributed by atoms with E-state index in [0.717, 1.165) is 0 Å². The lowest BCUT2D eigenvalue weighted by Gasteiger charge is -2.20. The highest BCUT2D eigenvalue weighted by atomic mass is 14.2. The second-order valence-electron chi connectivity index (χ2n) is 18.0. The lowest BCUT2D eigenvalue weighted by atomic mass is 9.83. The fourth-order valence-electron chi connectivity index (χ4n) is 10.6. The van der Waals surface area contributed by atoms with Gasteiger partial charge in [0.15, 0.2) is 0 Å². The molecule has 0 saturated heterocycles. The minimum atomic E-state index is 1.18. The first-order valence-corrected chi connectivity index (χ1v) is 23.7. The molecule has 0 aliphatic carbocycles. The van der Waals surface area contributed by atoms with Gasteiger partial charge in [0.25, 0.3) is 0 Å². The minimum Gasteiger partial charge on any atom is -0.0877 e. The largest absolute Gasteiger partial charge is 0.0877 e. The van der Waals surface area contributed by atoms with Crippen LogP contribution < -0.4 is 0 Å². The zero-order valence-electron chi connectivity index (χ0n) is 38.2. The van der Waals surface area contributed by atoms with Crippen molar-refractivity contribution >= 4 is 70.7 Å². The van der Waals surface area contributed by atoms with Gasteiger partial charge < -0.3 is 0 Å². The Kier molecular flexibility index (Phi) is 10.4. The van der Waals surface area contributed by atoms with Crippen LogP contribution in [0.15, 0.2) is 254 Å². The number of benzene rings is 12. The Labute approximate surface area is 398 Å². The van der Waals surface area contributed by atoms with Gasteiger partial charge in [-0.05, 0) is 170 Å². The number of rotatable bonds is 8. The number of allylic oxidation sites excluding steroid dienone is 5. The molecule has 0 unspecified atom stereocenters. The lowest BCUT2D eigenvalue weighted by Crippen LogP contribution is -1.93. The molecule has 0 N–H and O–H groups in total. The molecule has 0 bridgehead atoms. The van der Waals surface area contributed by atoms with Crippen molar-refractivity contribution in [2.24, 2.45) is 0 Å². The monoisotopic (exact) mass is 864 g/mol. The van der Waals surface area contributed by atoms with Crippen molar-refractivity contribution in [3.63, 3.8) is 0 Å². The maximum atomic E-state index is 2.45. The third kappa shape index (κ3) is 7.28. The summed E-state index contributed by atoms with van der Waals surface area (Å²) in [6, 6.07) is 83.5. The summed E-state index contributed by atoms with van der Waals surface area (Å²) in [5, 5.41) is 14.9. The van der Waals surface area contributed by atoms with Gasteiger partial charge in [-0.2, -0.15) is 0 Å². The Hall–Kier alpha value is -8.58. The molecule has 0 aliphatic rings. The van der Waals surface area contributed by atoms with Crippen molar-refractivity contribution in [1.82, 2.24) is 0 Å². The average molecular weight is 865 g/mol. The standard InChI is InChI=1S/C68H48/c1-3-4-17-45(2)32-33-46-18-15-24-53(40-46)65-57-26-9-11-28-59(57)66(60-29-12-10-27-58(60)65)54-25-16-23-51(43-54)52-38-39-63-64(44-52)68(56-37-35-48-20-6-8-22-50(48)42-56)62-31-14-13-30-61(62)67(63)55-36-34-47-19-5-7-21-49(47)41-55/h3-44H,1-2H3/b4-3-,33-32+,45-17+. The van der Waals surface area contributed by atoms with E-state index in [4.69, 9.17) is 0 Å². The van der Waals surface area contributed by atoms with E-state index in [9.17, 15) is 0 Å². The van der Waals surface area contributed by atoms with E-state index in [1.807, 2.05) is 6.92 Å². The van der Waals surface area contributed by atoms with Crippen molar-refractivity contribution in [1.29, 1.82) is 0 Å². The Morgan fingerprint density at radius 1 is 0.309 bits per heavy atom. The van der Waals surface area contributed by atoms with Gasteiger partial charge in [0.1, 0.15) is 0 Å². The Bertz CT molecular complexity index is 3990. The molecule has 12 rings (SSSR count). The summed E-state index contributed by atoms with van der Waals surface area (Å²) in [4.78, 5) is 0. The first-order chi connectivity index (χ1) is 33.6. The molecular weight excluding hydrogens is 817 g/mol. The summed E-state index contributed by atoms with van der Waals surface area (Å²) >= 11 is 0. The van der Waals surface area contributed by atoms with Crippen LogP contribution in [-0.4, -0.2) is 0 Å². The molecule has 0 heteroatoms. The third-order valence-corrected chi connectivity index (χ3v) is 13.8. The normalized spacial score (nSPS) is 12.2. The van der Waals surface area contributed by atoms with Gasteiger partial charge >= 0.3 is 0 Å². The molecule has 68 heavy (non-hydrogen) atoms. The molecule has 0 aromatic heterocycles. The Morgan fingerprint density at radius 2 is 0.706 bits per heavy atom. The van der Waals surface area contributed by atoms with E-state index in [2.05, 4.69) is 262 Å². The van der Waals surface area contributed by atoms with Crippen LogP contribution in [0.2, 0.25) is 0 Å². The van der Waals surface area contributed by atoms with Crippen LogP contribution in [0.5, 0.6) is 0 Å². The van der Waals surface area contributed by atoms with Crippen LogP contribution in [0.25, 0.3) is 126 Å². The van der Waals surface area contributed by atoms with Crippen molar-refractivity contribution in [2.75, 3.05) is 0 Å². The molecule has 0 atom stereocenters. The topological polar surface area (TPSA) is 0 Å². The smallest absolute Gasteiger partial charge is 0.00259 e. The average Bonchev–Trinajstić information content (AvgIpc) is 3.40. The molecule has 320 valence electrons. The summed E-state index contributed by atoms with van der Waals surface area (Å²) in [6.07, 6.45) is 10.7. The highest BCUT2D eigenvalue weighted by Gasteiger charge is 2.20. The molecule has 0 nitrogen and oxygen atoms in total. The van der Waals surface area contributed by atoms with Crippen LogP contribution in [0.1, 0.15) is 19.4 Å². The van der Waals surface area contributed by atoms with Gasteiger partial charge in [-0.1, -0.05) is 230 Å². The second kappa shape index (κ2) is 17.3. The van der Waals surface area contributed by atoms with E-state index in [0.29, 0.717) is 0 Å². The number of hydrogen-bond donors (Lipinski definition) is 0. The van der Waals surface area contributed by atoms with Crippen LogP contribution in [0, 0.1) is 0 Å². The van der Waals surface area contributed by atoms with Gasteiger partial charge in [0.05, 0.1) is 0 Å². The van der Waals surface area contributed by atoms with Gasteiger partial charge in [-0.15, -0.1) is 0 Å². The lowest BCUT2D eigenvalue weighted by molar-refractivity contribution is 1.52. The van der Waals surface area contributed by atoms with Crippen molar-refractivity contribution < 1.29 is 0 Å². The van der Waals surface area contributed by atoms with Crippen LogP contribution in [0.4, 0.5) is 0 Å². The van der Waals surface area contributed by atoms with Crippen LogP contribution in [-0.2, 0) is 0 Å². The minimum absolute atomic E-state index is 1.18. The quantitative estimate of drug-likeness (QED) is 0.105. The third-order valence-electron chi connectivity index (χ3n) is 13.8. The maximum Gasteiger partial charge on any atom is -0.00259 e. The fourth-order valence-corrected chi connectivity index (χ4v) is 10.6. The van der Waals surface area contributed by atoms with Crippen molar-refractivity contribution in [3.05, 3.63) is 260 Å². The molecule has 0 amide bonds. The summed E-state index contributed by atoms with van der Waals surface area (Å²) in [5.41, 5.74) is 14.7. The number of hydrogen-bond acceptors (Lipinski definition) is 0. The van der Waals surface area contributed by atoms with Crippen LogP contribution in [0.3, 0.4) is 0 Å². The molecule has 0 heterocycles. The highest BCUT2D eigenvalue weighted by molar-refractivity contribution is 6.24. The first kappa shape index (κ1) is 40.9. The zero-order chi connectivity index (χ0) is 45.6. The molecule has 0 fully saturated rings. The molecule has 0 saturated carbocycles. The Morgan fingerprint density at radius 3 is 1.24 bits per heavy atom. The van der Waals surface area contributed by atoms with Crippen molar-refractivity contribution in [3.8, 4) is 55.6 Å². The van der Waals surface area contributed by atoms with E-state index < -0.39 is 0 Å². The van der Waals surface area contributed by atoms with E-state index in [1.165, 1.54) is 131 Å². The van der Waals surface area contributed by atoms with E-state index >= 15 is 0 Å². The first-order valence-electron chi connectivity index (χ1n) is 23.7. The predicted molar refractivity (Wildman–Crippen MR) is 296 cm³/mol.